The summed E-state index contributed by atoms with van der Waals surface area (Å²) in [7, 11) is 1.66. The number of para-hydroxylation sites is 1. The number of ether oxygens (including phenoxy) is 1. The first kappa shape index (κ1) is 15.3. The molecular formula is C15H24N2O2. The third kappa shape index (κ3) is 5.20. The molecule has 0 saturated carbocycles. The number of urea groups is 1. The maximum Gasteiger partial charge on any atom is 0.315 e. The van der Waals surface area contributed by atoms with Crippen molar-refractivity contribution in [3.05, 3.63) is 29.8 Å². The standard InChI is InChI=1S/C15H24N2O2/c1-4-13(5-2)17-15(18)16-11-10-12-8-6-7-9-14(12)19-3/h6-9,13H,4-5,10-11H2,1-3H3,(H2,16,17,18). The van der Waals surface area contributed by atoms with E-state index in [0.717, 1.165) is 30.6 Å². The average molecular weight is 264 g/mol. The first-order valence-corrected chi connectivity index (χ1v) is 6.87. The lowest BCUT2D eigenvalue weighted by Gasteiger charge is -2.15. The molecule has 0 aliphatic carbocycles. The van der Waals surface area contributed by atoms with Crippen LogP contribution in [0.15, 0.2) is 24.3 Å². The Morgan fingerprint density at radius 1 is 1.26 bits per heavy atom. The van der Waals surface area contributed by atoms with Crippen LogP contribution in [0.1, 0.15) is 32.3 Å². The topological polar surface area (TPSA) is 50.4 Å². The molecule has 0 spiro atoms. The summed E-state index contributed by atoms with van der Waals surface area (Å²) in [5, 5.41) is 5.83. The van der Waals surface area contributed by atoms with Gasteiger partial charge >= 0.3 is 6.03 Å². The Balaban J connectivity index is 2.35. The molecule has 0 aromatic heterocycles. The molecule has 0 bridgehead atoms. The lowest BCUT2D eigenvalue weighted by molar-refractivity contribution is 0.236. The van der Waals surface area contributed by atoms with Crippen LogP contribution in [0.4, 0.5) is 4.79 Å². The molecule has 2 N–H and O–H groups in total. The van der Waals surface area contributed by atoms with Crippen molar-refractivity contribution in [1.82, 2.24) is 10.6 Å². The Labute approximate surface area is 115 Å². The van der Waals surface area contributed by atoms with Gasteiger partial charge in [0.15, 0.2) is 0 Å². The SMILES string of the molecule is CCC(CC)NC(=O)NCCc1ccccc1OC. The second-order valence-electron chi connectivity index (χ2n) is 4.48. The molecule has 1 aromatic rings. The fraction of sp³-hybridized carbons (Fsp3) is 0.533. The number of rotatable bonds is 7. The molecule has 0 heterocycles. The van der Waals surface area contributed by atoms with Gasteiger partial charge in [-0.25, -0.2) is 4.79 Å². The molecule has 0 fully saturated rings. The van der Waals surface area contributed by atoms with Crippen LogP contribution < -0.4 is 15.4 Å². The Bertz CT molecular complexity index is 389. The lowest BCUT2D eigenvalue weighted by Crippen LogP contribution is -2.42. The van der Waals surface area contributed by atoms with E-state index in [-0.39, 0.29) is 12.1 Å². The van der Waals surface area contributed by atoms with Gasteiger partial charge in [-0.3, -0.25) is 0 Å². The highest BCUT2D eigenvalue weighted by molar-refractivity contribution is 5.74. The molecular weight excluding hydrogens is 240 g/mol. The molecule has 106 valence electrons. The third-order valence-corrected chi connectivity index (χ3v) is 3.19. The van der Waals surface area contributed by atoms with Crippen molar-refractivity contribution in [3.8, 4) is 5.75 Å². The molecule has 4 heteroatoms. The number of hydrogen-bond acceptors (Lipinski definition) is 2. The quantitative estimate of drug-likeness (QED) is 0.795. The number of carbonyl (C=O) groups is 1. The molecule has 4 nitrogen and oxygen atoms in total. The van der Waals surface area contributed by atoms with E-state index in [1.165, 1.54) is 0 Å². The summed E-state index contributed by atoms with van der Waals surface area (Å²) < 4.78 is 5.27. The summed E-state index contributed by atoms with van der Waals surface area (Å²) in [6.45, 7) is 4.75. The van der Waals surface area contributed by atoms with Crippen molar-refractivity contribution in [2.45, 2.75) is 39.2 Å². The monoisotopic (exact) mass is 264 g/mol. The van der Waals surface area contributed by atoms with Crippen LogP contribution in [0.5, 0.6) is 5.75 Å². The minimum absolute atomic E-state index is 0.0939. The van der Waals surface area contributed by atoms with Gasteiger partial charge in [-0.2, -0.15) is 0 Å². The minimum atomic E-state index is -0.0939. The second-order valence-corrected chi connectivity index (χ2v) is 4.48. The maximum atomic E-state index is 11.7. The number of methoxy groups -OCH3 is 1. The smallest absolute Gasteiger partial charge is 0.315 e. The van der Waals surface area contributed by atoms with Crippen molar-refractivity contribution in [1.29, 1.82) is 0 Å². The predicted octanol–water partition coefficient (Wildman–Crippen LogP) is 2.73. The van der Waals surface area contributed by atoms with Gasteiger partial charge in [0.1, 0.15) is 5.75 Å². The number of benzene rings is 1. The van der Waals surface area contributed by atoms with Gasteiger partial charge in [-0.05, 0) is 30.9 Å². The van der Waals surface area contributed by atoms with E-state index in [9.17, 15) is 4.79 Å². The van der Waals surface area contributed by atoms with Gasteiger partial charge in [0, 0.05) is 12.6 Å². The predicted molar refractivity (Wildman–Crippen MR) is 77.6 cm³/mol. The van der Waals surface area contributed by atoms with Gasteiger partial charge in [-0.15, -0.1) is 0 Å². The van der Waals surface area contributed by atoms with Gasteiger partial charge < -0.3 is 15.4 Å². The molecule has 0 aliphatic heterocycles. The first-order chi connectivity index (χ1) is 9.21. The summed E-state index contributed by atoms with van der Waals surface area (Å²) in [5.41, 5.74) is 1.10. The average Bonchev–Trinajstić information content (AvgIpc) is 2.45. The summed E-state index contributed by atoms with van der Waals surface area (Å²) in [6.07, 6.45) is 2.67. The first-order valence-electron chi connectivity index (χ1n) is 6.87. The number of amides is 2. The van der Waals surface area contributed by atoms with Crippen LogP contribution >= 0.6 is 0 Å². The maximum absolute atomic E-state index is 11.7. The van der Waals surface area contributed by atoms with Crippen LogP contribution in [-0.2, 0) is 6.42 Å². The third-order valence-electron chi connectivity index (χ3n) is 3.19. The van der Waals surface area contributed by atoms with Crippen LogP contribution in [0, 0.1) is 0 Å². The van der Waals surface area contributed by atoms with Crippen molar-refractivity contribution in [2.75, 3.05) is 13.7 Å². The second kappa shape index (κ2) is 8.40. The molecule has 0 unspecified atom stereocenters. The molecule has 0 saturated heterocycles. The zero-order valence-electron chi connectivity index (χ0n) is 12.0. The Hall–Kier alpha value is -1.71. The van der Waals surface area contributed by atoms with Crippen LogP contribution in [0.25, 0.3) is 0 Å². The minimum Gasteiger partial charge on any atom is -0.496 e. The van der Waals surface area contributed by atoms with Crippen LogP contribution in [0.3, 0.4) is 0 Å². The molecule has 0 radical (unpaired) electrons. The normalized spacial score (nSPS) is 10.3. The van der Waals surface area contributed by atoms with Crippen molar-refractivity contribution >= 4 is 6.03 Å². The van der Waals surface area contributed by atoms with E-state index in [1.54, 1.807) is 7.11 Å². The van der Waals surface area contributed by atoms with Crippen LogP contribution in [0.2, 0.25) is 0 Å². The van der Waals surface area contributed by atoms with Gasteiger partial charge in [0.2, 0.25) is 0 Å². The van der Waals surface area contributed by atoms with E-state index < -0.39 is 0 Å². The molecule has 1 aromatic carbocycles. The van der Waals surface area contributed by atoms with Crippen molar-refractivity contribution in [3.63, 3.8) is 0 Å². The van der Waals surface area contributed by atoms with Crippen molar-refractivity contribution in [2.24, 2.45) is 0 Å². The number of nitrogens with one attached hydrogen (secondary N) is 2. The van der Waals surface area contributed by atoms with E-state index in [0.29, 0.717) is 6.54 Å². The van der Waals surface area contributed by atoms with Crippen molar-refractivity contribution < 1.29 is 9.53 Å². The van der Waals surface area contributed by atoms with E-state index in [1.807, 2.05) is 24.3 Å². The van der Waals surface area contributed by atoms with E-state index in [4.69, 9.17) is 4.74 Å². The molecule has 2 amide bonds. The zero-order valence-corrected chi connectivity index (χ0v) is 12.0. The number of carbonyl (C=O) groups excluding carboxylic acids is 1. The summed E-state index contributed by atoms with van der Waals surface area (Å²) in [4.78, 5) is 11.7. The van der Waals surface area contributed by atoms with Gasteiger partial charge in [-0.1, -0.05) is 32.0 Å². The van der Waals surface area contributed by atoms with E-state index >= 15 is 0 Å². The largest absolute Gasteiger partial charge is 0.496 e. The van der Waals surface area contributed by atoms with E-state index in [2.05, 4.69) is 24.5 Å². The summed E-state index contributed by atoms with van der Waals surface area (Å²) in [5.74, 6) is 0.865. The Kier molecular flexibility index (Phi) is 6.79. The highest BCUT2D eigenvalue weighted by atomic mass is 16.5. The van der Waals surface area contributed by atoms with Crippen LogP contribution in [-0.4, -0.2) is 25.7 Å². The fourth-order valence-electron chi connectivity index (χ4n) is 1.95. The summed E-state index contributed by atoms with van der Waals surface area (Å²) in [6, 6.07) is 8.02. The molecule has 19 heavy (non-hydrogen) atoms. The lowest BCUT2D eigenvalue weighted by atomic mass is 10.1. The molecule has 0 aliphatic rings. The Morgan fingerprint density at radius 3 is 2.58 bits per heavy atom. The number of hydrogen-bond donors (Lipinski definition) is 2. The Morgan fingerprint density at radius 2 is 1.95 bits per heavy atom. The highest BCUT2D eigenvalue weighted by Gasteiger charge is 2.07. The van der Waals surface area contributed by atoms with Gasteiger partial charge in [0.25, 0.3) is 0 Å². The summed E-state index contributed by atoms with van der Waals surface area (Å²) >= 11 is 0. The highest BCUT2D eigenvalue weighted by Crippen LogP contribution is 2.17. The fourth-order valence-corrected chi connectivity index (χ4v) is 1.95. The molecule has 1 rings (SSSR count). The molecule has 0 atom stereocenters. The van der Waals surface area contributed by atoms with Gasteiger partial charge in [0.05, 0.1) is 7.11 Å². The zero-order chi connectivity index (χ0) is 14.1.